The summed E-state index contributed by atoms with van der Waals surface area (Å²) < 4.78 is 0. The summed E-state index contributed by atoms with van der Waals surface area (Å²) in [6.07, 6.45) is 1.94. The number of rotatable bonds is 3. The third kappa shape index (κ3) is 2.75. The number of hydrogen-bond donors (Lipinski definition) is 1. The Labute approximate surface area is 186 Å². The summed E-state index contributed by atoms with van der Waals surface area (Å²) in [7, 11) is 2.02. The van der Waals surface area contributed by atoms with E-state index in [1.54, 1.807) is 0 Å². The minimum absolute atomic E-state index is 0.0918. The minimum atomic E-state index is -0.386. The van der Waals surface area contributed by atoms with Crippen molar-refractivity contribution in [1.82, 2.24) is 9.88 Å². The normalized spacial score (nSPS) is 23.3. The molecule has 0 unspecified atom stereocenters. The molecule has 0 radical (unpaired) electrons. The van der Waals surface area contributed by atoms with Crippen molar-refractivity contribution in [2.45, 2.75) is 6.04 Å². The van der Waals surface area contributed by atoms with Crippen LogP contribution in [0.3, 0.4) is 0 Å². The number of nitrogens with zero attached hydrogens (tertiary/aromatic N) is 2. The molecule has 0 spiro atoms. The van der Waals surface area contributed by atoms with E-state index in [9.17, 15) is 9.59 Å². The van der Waals surface area contributed by atoms with E-state index in [-0.39, 0.29) is 29.7 Å². The molecule has 2 fully saturated rings. The second-order valence-corrected chi connectivity index (χ2v) is 8.73. The number of benzene rings is 3. The zero-order valence-electron chi connectivity index (χ0n) is 17.7. The van der Waals surface area contributed by atoms with Crippen LogP contribution in [0.15, 0.2) is 85.1 Å². The van der Waals surface area contributed by atoms with E-state index in [0.29, 0.717) is 12.2 Å². The fourth-order valence-electron chi connectivity index (χ4n) is 5.49. The topological polar surface area (TPSA) is 56.4 Å². The number of nitrogens with one attached hydrogen (secondary N) is 1. The second kappa shape index (κ2) is 7.18. The molecule has 4 aromatic rings. The average Bonchev–Trinajstić information content (AvgIpc) is 3.48. The molecule has 3 atom stereocenters. The highest BCUT2D eigenvalue weighted by Crippen LogP contribution is 2.48. The van der Waals surface area contributed by atoms with E-state index in [2.05, 4.69) is 46.3 Å². The van der Waals surface area contributed by atoms with E-state index in [1.807, 2.05) is 55.7 Å². The van der Waals surface area contributed by atoms with Gasteiger partial charge in [-0.3, -0.25) is 14.5 Å². The first-order valence-corrected chi connectivity index (χ1v) is 10.9. The lowest BCUT2D eigenvalue weighted by Gasteiger charge is -2.27. The van der Waals surface area contributed by atoms with E-state index in [1.165, 1.54) is 10.3 Å². The van der Waals surface area contributed by atoms with Crippen LogP contribution in [0.25, 0.3) is 22.0 Å². The fraction of sp³-hybridized carbons (Fsp3) is 0.185. The van der Waals surface area contributed by atoms with Gasteiger partial charge in [0.15, 0.2) is 0 Å². The molecular weight excluding hydrogens is 398 g/mol. The lowest BCUT2D eigenvalue weighted by Crippen LogP contribution is -2.36. The molecule has 1 N–H and O–H groups in total. The Bertz CT molecular complexity index is 1340. The fourth-order valence-corrected chi connectivity index (χ4v) is 5.49. The maximum absolute atomic E-state index is 13.6. The summed E-state index contributed by atoms with van der Waals surface area (Å²) >= 11 is 0. The van der Waals surface area contributed by atoms with Crippen LogP contribution < -0.4 is 4.90 Å². The second-order valence-electron chi connectivity index (χ2n) is 8.73. The number of H-pyrrole nitrogens is 1. The van der Waals surface area contributed by atoms with Gasteiger partial charge in [-0.15, -0.1) is 0 Å². The number of para-hydroxylation sites is 1. The van der Waals surface area contributed by atoms with Gasteiger partial charge < -0.3 is 4.98 Å². The molecule has 3 heterocycles. The Kier molecular flexibility index (Phi) is 4.26. The van der Waals surface area contributed by atoms with Crippen LogP contribution in [0, 0.1) is 11.8 Å². The van der Waals surface area contributed by atoms with Crippen LogP contribution in [0.1, 0.15) is 11.6 Å². The lowest BCUT2D eigenvalue weighted by atomic mass is 9.85. The Balaban J connectivity index is 1.44. The van der Waals surface area contributed by atoms with Crippen LogP contribution in [-0.4, -0.2) is 35.3 Å². The van der Waals surface area contributed by atoms with Gasteiger partial charge in [-0.2, -0.15) is 0 Å². The number of imide groups is 1. The zero-order valence-corrected chi connectivity index (χ0v) is 17.7. The Morgan fingerprint density at radius 3 is 2.50 bits per heavy atom. The Hall–Kier alpha value is -3.70. The van der Waals surface area contributed by atoms with Gasteiger partial charge in [-0.1, -0.05) is 54.6 Å². The molecule has 2 aliphatic heterocycles. The van der Waals surface area contributed by atoms with E-state index >= 15 is 0 Å². The van der Waals surface area contributed by atoms with Gasteiger partial charge in [0.05, 0.1) is 17.5 Å². The average molecular weight is 422 g/mol. The maximum atomic E-state index is 13.6. The molecule has 2 aliphatic rings. The number of fused-ring (bicyclic) bond motifs is 2. The van der Waals surface area contributed by atoms with Gasteiger partial charge in [-0.05, 0) is 53.4 Å². The number of aromatic nitrogens is 1. The first-order valence-electron chi connectivity index (χ1n) is 10.9. The smallest absolute Gasteiger partial charge is 0.239 e. The van der Waals surface area contributed by atoms with Crippen LogP contribution in [0.5, 0.6) is 0 Å². The first-order chi connectivity index (χ1) is 15.6. The molecule has 32 heavy (non-hydrogen) atoms. The number of hydrogen-bond acceptors (Lipinski definition) is 3. The van der Waals surface area contributed by atoms with Crippen LogP contribution in [0.2, 0.25) is 0 Å². The summed E-state index contributed by atoms with van der Waals surface area (Å²) in [6.45, 7) is 0.577. The van der Waals surface area contributed by atoms with Gasteiger partial charge >= 0.3 is 0 Å². The molecule has 5 heteroatoms. The summed E-state index contributed by atoms with van der Waals surface area (Å²) in [4.78, 5) is 33.7. The molecule has 6 rings (SSSR count). The molecule has 2 saturated heterocycles. The van der Waals surface area contributed by atoms with Crippen LogP contribution in [0.4, 0.5) is 5.69 Å². The number of amides is 2. The van der Waals surface area contributed by atoms with E-state index < -0.39 is 0 Å². The third-order valence-corrected chi connectivity index (χ3v) is 6.94. The number of carbonyl (C=O) groups is 2. The van der Waals surface area contributed by atoms with Crippen molar-refractivity contribution in [3.63, 3.8) is 0 Å². The van der Waals surface area contributed by atoms with Crippen molar-refractivity contribution < 1.29 is 9.59 Å². The highest BCUT2D eigenvalue weighted by Gasteiger charge is 2.57. The quantitative estimate of drug-likeness (QED) is 0.491. The van der Waals surface area contributed by atoms with Crippen molar-refractivity contribution in [2.24, 2.45) is 11.8 Å². The highest BCUT2D eigenvalue weighted by atomic mass is 16.2. The number of likely N-dealkylation sites (tertiary alicyclic amines) is 1. The first kappa shape index (κ1) is 19.0. The molecule has 158 valence electrons. The predicted octanol–water partition coefficient (Wildman–Crippen LogP) is 4.63. The standard InChI is InChI=1S/C27H23N3O2/c1-29-16-22-24(27(32)30(26(22)31)19-7-3-2-4-8-19)25(29)21-10-6-5-9-20(21)18-12-11-17-13-14-28-23(17)15-18/h2-15,22,24-25,28H,16H2,1H3/t22-,24-,25-/m0/s1. The van der Waals surface area contributed by atoms with Crippen molar-refractivity contribution in [1.29, 1.82) is 0 Å². The van der Waals surface area contributed by atoms with Crippen molar-refractivity contribution >= 4 is 28.4 Å². The van der Waals surface area contributed by atoms with Crippen molar-refractivity contribution in [3.8, 4) is 11.1 Å². The largest absolute Gasteiger partial charge is 0.361 e. The monoisotopic (exact) mass is 421 g/mol. The summed E-state index contributed by atoms with van der Waals surface area (Å²) in [5, 5.41) is 1.17. The van der Waals surface area contributed by atoms with Crippen LogP contribution in [-0.2, 0) is 9.59 Å². The summed E-state index contributed by atoms with van der Waals surface area (Å²) in [5.41, 5.74) is 5.02. The number of aromatic amines is 1. The van der Waals surface area contributed by atoms with Gasteiger partial charge in [0, 0.05) is 24.3 Å². The number of anilines is 1. The lowest BCUT2D eigenvalue weighted by molar-refractivity contribution is -0.123. The zero-order chi connectivity index (χ0) is 21.8. The Morgan fingerprint density at radius 1 is 0.875 bits per heavy atom. The molecular formula is C27H23N3O2. The maximum Gasteiger partial charge on any atom is 0.239 e. The molecule has 5 nitrogen and oxygen atoms in total. The molecule has 3 aromatic carbocycles. The van der Waals surface area contributed by atoms with Gasteiger partial charge in [0.2, 0.25) is 11.8 Å². The minimum Gasteiger partial charge on any atom is -0.361 e. The van der Waals surface area contributed by atoms with E-state index in [0.717, 1.165) is 22.2 Å². The summed E-state index contributed by atoms with van der Waals surface area (Å²) in [6, 6.07) is 25.8. The van der Waals surface area contributed by atoms with Crippen LogP contribution >= 0.6 is 0 Å². The molecule has 2 amide bonds. The van der Waals surface area contributed by atoms with Crippen molar-refractivity contribution in [3.05, 3.63) is 90.6 Å². The van der Waals surface area contributed by atoms with E-state index in [4.69, 9.17) is 0 Å². The van der Waals surface area contributed by atoms with Gasteiger partial charge in [-0.25, -0.2) is 4.90 Å². The molecule has 0 bridgehead atoms. The third-order valence-electron chi connectivity index (χ3n) is 6.94. The van der Waals surface area contributed by atoms with Gasteiger partial charge in [0.25, 0.3) is 0 Å². The van der Waals surface area contributed by atoms with Crippen molar-refractivity contribution in [2.75, 3.05) is 18.5 Å². The SMILES string of the molecule is CN1C[C@@H]2C(=O)N(c3ccccc3)C(=O)[C@@H]2[C@@H]1c1ccccc1-c1ccc2cc[nH]c2c1. The predicted molar refractivity (Wildman–Crippen MR) is 125 cm³/mol. The molecule has 0 saturated carbocycles. The number of carbonyl (C=O) groups excluding carboxylic acids is 2. The van der Waals surface area contributed by atoms with Gasteiger partial charge in [0.1, 0.15) is 0 Å². The highest BCUT2D eigenvalue weighted by molar-refractivity contribution is 6.22. The molecule has 0 aliphatic carbocycles. The Morgan fingerprint density at radius 2 is 1.66 bits per heavy atom. The molecule has 1 aromatic heterocycles. The summed E-state index contributed by atoms with van der Waals surface area (Å²) in [5.74, 6) is -0.902.